The predicted molar refractivity (Wildman–Crippen MR) is 93.2 cm³/mol. The molecule has 2 bridgehead atoms. The second-order valence-corrected chi connectivity index (χ2v) is 6.93. The molecule has 5 heteroatoms. The van der Waals surface area contributed by atoms with E-state index < -0.39 is 0 Å². The highest BCUT2D eigenvalue weighted by Crippen LogP contribution is 2.43. The second-order valence-electron chi connectivity index (χ2n) is 6.12. The van der Waals surface area contributed by atoms with Gasteiger partial charge in [-0.15, -0.1) is 0 Å². The fourth-order valence-corrected chi connectivity index (χ4v) is 4.06. The van der Waals surface area contributed by atoms with E-state index in [-0.39, 0.29) is 18.1 Å². The number of halogens is 2. The van der Waals surface area contributed by atoms with Gasteiger partial charge in [0.05, 0.1) is 16.1 Å². The van der Waals surface area contributed by atoms with Gasteiger partial charge in [-0.25, -0.2) is 4.79 Å². The normalized spacial score (nSPS) is 21.9. The Labute approximate surface area is 145 Å². The number of amides is 2. The van der Waals surface area contributed by atoms with Gasteiger partial charge in [0, 0.05) is 11.7 Å². The minimum atomic E-state index is -0.0645. The van der Waals surface area contributed by atoms with Crippen molar-refractivity contribution in [2.24, 2.45) is 0 Å². The smallest absolute Gasteiger partial charge is 0.314 e. The van der Waals surface area contributed by atoms with E-state index >= 15 is 0 Å². The summed E-state index contributed by atoms with van der Waals surface area (Å²) in [6.07, 6.45) is 3.01. The van der Waals surface area contributed by atoms with E-state index in [4.69, 9.17) is 23.2 Å². The van der Waals surface area contributed by atoms with Gasteiger partial charge in [-0.3, -0.25) is 0 Å². The first-order valence-corrected chi connectivity index (χ1v) is 8.51. The molecule has 0 radical (unpaired) electrons. The number of nitrogens with one attached hydrogen (secondary N) is 1. The van der Waals surface area contributed by atoms with Crippen molar-refractivity contribution in [3.05, 3.63) is 63.6 Å². The number of rotatable bonds is 1. The Morgan fingerprint density at radius 2 is 1.91 bits per heavy atom. The van der Waals surface area contributed by atoms with Crippen LogP contribution in [0.4, 0.5) is 10.5 Å². The highest BCUT2D eigenvalue weighted by atomic mass is 35.5. The SMILES string of the molecule is O=C(Nc1ccc(Cl)c(Cl)c1)N1[C@H]2CC[C@@H]1c1ccccc1C2. The molecule has 1 saturated heterocycles. The van der Waals surface area contributed by atoms with Crippen molar-refractivity contribution in [3.8, 4) is 0 Å². The molecule has 0 saturated carbocycles. The van der Waals surface area contributed by atoms with Crippen LogP contribution in [0.15, 0.2) is 42.5 Å². The van der Waals surface area contributed by atoms with Gasteiger partial charge in [-0.05, 0) is 48.6 Å². The van der Waals surface area contributed by atoms with Crippen LogP contribution in [0.25, 0.3) is 0 Å². The van der Waals surface area contributed by atoms with Crippen molar-refractivity contribution >= 4 is 34.9 Å². The number of hydrogen-bond donors (Lipinski definition) is 1. The minimum absolute atomic E-state index is 0.0645. The number of carbonyl (C=O) groups excluding carboxylic acids is 1. The molecule has 2 aromatic carbocycles. The lowest BCUT2D eigenvalue weighted by Crippen LogP contribution is -2.44. The molecule has 0 aliphatic carbocycles. The van der Waals surface area contributed by atoms with Gasteiger partial charge in [-0.2, -0.15) is 0 Å². The van der Waals surface area contributed by atoms with E-state index in [0.29, 0.717) is 15.7 Å². The molecule has 0 spiro atoms. The van der Waals surface area contributed by atoms with Crippen molar-refractivity contribution in [2.45, 2.75) is 31.3 Å². The average molecular weight is 347 g/mol. The topological polar surface area (TPSA) is 32.3 Å². The van der Waals surface area contributed by atoms with Crippen molar-refractivity contribution in [1.29, 1.82) is 0 Å². The standard InChI is InChI=1S/C18H16Cl2N2O/c19-15-7-5-12(10-16(15)20)21-18(23)22-13-6-8-17(22)14-4-2-1-3-11(14)9-13/h1-5,7,10,13,17H,6,8-9H2,(H,21,23)/t13-,17+/m0/s1. The number of carbonyl (C=O) groups is 1. The Kier molecular flexibility index (Phi) is 3.70. The maximum absolute atomic E-state index is 12.8. The lowest BCUT2D eigenvalue weighted by Gasteiger charge is -2.36. The zero-order valence-corrected chi connectivity index (χ0v) is 13.9. The summed E-state index contributed by atoms with van der Waals surface area (Å²) in [5.74, 6) is 0. The number of nitrogens with zero attached hydrogens (tertiary/aromatic N) is 1. The maximum Gasteiger partial charge on any atom is 0.322 e. The fourth-order valence-electron chi connectivity index (χ4n) is 3.76. The van der Waals surface area contributed by atoms with Crippen LogP contribution in [0, 0.1) is 0 Å². The summed E-state index contributed by atoms with van der Waals surface area (Å²) in [5, 5.41) is 3.88. The van der Waals surface area contributed by atoms with Gasteiger partial charge in [-0.1, -0.05) is 47.5 Å². The molecule has 1 N–H and O–H groups in total. The predicted octanol–water partition coefficient (Wildman–Crippen LogP) is 5.29. The molecule has 118 valence electrons. The van der Waals surface area contributed by atoms with E-state index in [1.165, 1.54) is 11.1 Å². The van der Waals surface area contributed by atoms with Crippen LogP contribution in [0.2, 0.25) is 10.0 Å². The molecule has 2 aliphatic rings. The zero-order chi connectivity index (χ0) is 16.0. The van der Waals surface area contributed by atoms with Crippen LogP contribution in [-0.4, -0.2) is 17.0 Å². The second kappa shape index (κ2) is 5.73. The summed E-state index contributed by atoms with van der Waals surface area (Å²) >= 11 is 11.9. The fraction of sp³-hybridized carbons (Fsp3) is 0.278. The lowest BCUT2D eigenvalue weighted by atomic mass is 9.93. The molecule has 2 heterocycles. The van der Waals surface area contributed by atoms with Gasteiger partial charge in [0.1, 0.15) is 0 Å². The molecule has 2 aromatic rings. The number of benzene rings is 2. The molecule has 2 aliphatic heterocycles. The first kappa shape index (κ1) is 14.9. The summed E-state index contributed by atoms with van der Waals surface area (Å²) in [5.41, 5.74) is 3.33. The highest BCUT2D eigenvalue weighted by molar-refractivity contribution is 6.42. The van der Waals surface area contributed by atoms with Crippen molar-refractivity contribution < 1.29 is 4.79 Å². The quantitative estimate of drug-likeness (QED) is 0.747. The summed E-state index contributed by atoms with van der Waals surface area (Å²) in [7, 11) is 0. The van der Waals surface area contributed by atoms with Gasteiger partial charge < -0.3 is 10.2 Å². The molecular weight excluding hydrogens is 331 g/mol. The molecule has 0 unspecified atom stereocenters. The highest BCUT2D eigenvalue weighted by Gasteiger charge is 2.42. The lowest BCUT2D eigenvalue weighted by molar-refractivity contribution is 0.179. The van der Waals surface area contributed by atoms with Crippen molar-refractivity contribution in [1.82, 2.24) is 4.90 Å². The average Bonchev–Trinajstić information content (AvgIpc) is 2.86. The van der Waals surface area contributed by atoms with Crippen LogP contribution >= 0.6 is 23.2 Å². The maximum atomic E-state index is 12.8. The molecule has 23 heavy (non-hydrogen) atoms. The number of hydrogen-bond acceptors (Lipinski definition) is 1. The van der Waals surface area contributed by atoms with Crippen LogP contribution in [0.5, 0.6) is 0 Å². The van der Waals surface area contributed by atoms with Crippen molar-refractivity contribution in [2.75, 3.05) is 5.32 Å². The van der Waals surface area contributed by atoms with Gasteiger partial charge in [0.15, 0.2) is 0 Å². The molecular formula is C18H16Cl2N2O. The molecule has 3 nitrogen and oxygen atoms in total. The summed E-state index contributed by atoms with van der Waals surface area (Å²) in [4.78, 5) is 14.8. The Hall–Kier alpha value is -1.71. The van der Waals surface area contributed by atoms with E-state index in [0.717, 1.165) is 19.3 Å². The minimum Gasteiger partial charge on any atom is -0.314 e. The first-order chi connectivity index (χ1) is 11.1. The van der Waals surface area contributed by atoms with Crippen LogP contribution in [-0.2, 0) is 6.42 Å². The molecule has 2 amide bonds. The Balaban J connectivity index is 1.59. The van der Waals surface area contributed by atoms with Crippen LogP contribution < -0.4 is 5.32 Å². The molecule has 4 rings (SSSR count). The van der Waals surface area contributed by atoms with Gasteiger partial charge in [0.25, 0.3) is 0 Å². The van der Waals surface area contributed by atoms with Crippen molar-refractivity contribution in [3.63, 3.8) is 0 Å². The molecule has 0 aromatic heterocycles. The zero-order valence-electron chi connectivity index (χ0n) is 12.4. The van der Waals surface area contributed by atoms with Crippen LogP contribution in [0.1, 0.15) is 30.0 Å². The first-order valence-electron chi connectivity index (χ1n) is 7.75. The third kappa shape index (κ3) is 2.58. The largest absolute Gasteiger partial charge is 0.322 e. The Bertz CT molecular complexity index is 777. The number of urea groups is 1. The number of fused-ring (bicyclic) bond motifs is 4. The van der Waals surface area contributed by atoms with E-state index in [1.54, 1.807) is 18.2 Å². The van der Waals surface area contributed by atoms with Gasteiger partial charge >= 0.3 is 6.03 Å². The third-order valence-electron chi connectivity index (χ3n) is 4.78. The summed E-state index contributed by atoms with van der Waals surface area (Å²) < 4.78 is 0. The van der Waals surface area contributed by atoms with Gasteiger partial charge in [0.2, 0.25) is 0 Å². The third-order valence-corrected chi connectivity index (χ3v) is 5.52. The summed E-state index contributed by atoms with van der Waals surface area (Å²) in [6, 6.07) is 14.0. The van der Waals surface area contributed by atoms with E-state index in [1.807, 2.05) is 11.0 Å². The van der Waals surface area contributed by atoms with E-state index in [2.05, 4.69) is 23.5 Å². The number of anilines is 1. The summed E-state index contributed by atoms with van der Waals surface area (Å²) in [6.45, 7) is 0. The monoisotopic (exact) mass is 346 g/mol. The molecule has 2 atom stereocenters. The van der Waals surface area contributed by atoms with Crippen LogP contribution in [0.3, 0.4) is 0 Å². The van der Waals surface area contributed by atoms with E-state index in [9.17, 15) is 4.79 Å². The Morgan fingerprint density at radius 3 is 2.74 bits per heavy atom. The Morgan fingerprint density at radius 1 is 1.09 bits per heavy atom. The molecule has 1 fully saturated rings.